The van der Waals surface area contributed by atoms with Gasteiger partial charge in [0.1, 0.15) is 24.0 Å². The van der Waals surface area contributed by atoms with E-state index in [0.717, 1.165) is 5.56 Å². The maximum Gasteiger partial charge on any atom is 0.266 e. The minimum absolute atomic E-state index is 0.0245. The van der Waals surface area contributed by atoms with E-state index in [9.17, 15) is 10.1 Å². The fourth-order valence-electron chi connectivity index (χ4n) is 2.00. The zero-order valence-corrected chi connectivity index (χ0v) is 13.5. The smallest absolute Gasteiger partial charge is 0.266 e. The van der Waals surface area contributed by atoms with Crippen molar-refractivity contribution in [2.45, 2.75) is 6.92 Å². The number of nitrogens with zero attached hydrogens (tertiary/aromatic N) is 1. The van der Waals surface area contributed by atoms with Crippen molar-refractivity contribution in [2.24, 2.45) is 0 Å². The van der Waals surface area contributed by atoms with Gasteiger partial charge in [-0.3, -0.25) is 4.79 Å². The number of ether oxygens (including phenoxy) is 1. The molecule has 0 fully saturated rings. The van der Waals surface area contributed by atoms with E-state index in [4.69, 9.17) is 4.74 Å². The van der Waals surface area contributed by atoms with E-state index in [0.29, 0.717) is 23.6 Å². The Balaban J connectivity index is 2.16. The Bertz CT molecular complexity index is 799. The molecular formula is C20H18N2O2. The van der Waals surface area contributed by atoms with Gasteiger partial charge in [-0.25, -0.2) is 0 Å². The summed E-state index contributed by atoms with van der Waals surface area (Å²) in [6.07, 6.45) is 3.18. The van der Waals surface area contributed by atoms with Gasteiger partial charge in [0.25, 0.3) is 5.91 Å². The van der Waals surface area contributed by atoms with E-state index in [1.807, 2.05) is 25.1 Å². The maximum atomic E-state index is 12.2. The summed E-state index contributed by atoms with van der Waals surface area (Å²) in [4.78, 5) is 12.2. The van der Waals surface area contributed by atoms with Gasteiger partial charge in [0.2, 0.25) is 0 Å². The number of benzene rings is 2. The second-order valence-corrected chi connectivity index (χ2v) is 5.16. The van der Waals surface area contributed by atoms with E-state index < -0.39 is 5.91 Å². The Morgan fingerprint density at radius 3 is 2.71 bits per heavy atom. The molecule has 0 aliphatic carbocycles. The van der Waals surface area contributed by atoms with E-state index in [1.54, 1.807) is 42.5 Å². The molecular weight excluding hydrogens is 300 g/mol. The van der Waals surface area contributed by atoms with Crippen LogP contribution in [-0.4, -0.2) is 12.5 Å². The van der Waals surface area contributed by atoms with Crippen molar-refractivity contribution >= 4 is 17.7 Å². The van der Waals surface area contributed by atoms with Crippen molar-refractivity contribution in [1.82, 2.24) is 0 Å². The predicted molar refractivity (Wildman–Crippen MR) is 95.5 cm³/mol. The van der Waals surface area contributed by atoms with Crippen LogP contribution in [0.25, 0.3) is 6.08 Å². The number of hydrogen-bond donors (Lipinski definition) is 1. The average molecular weight is 318 g/mol. The summed E-state index contributed by atoms with van der Waals surface area (Å²) in [5, 5.41) is 12.0. The van der Waals surface area contributed by atoms with Crippen LogP contribution in [0.1, 0.15) is 11.1 Å². The Labute approximate surface area is 141 Å². The fraction of sp³-hybridized carbons (Fsp3) is 0.100. The summed E-state index contributed by atoms with van der Waals surface area (Å²) in [6.45, 7) is 5.96. The second-order valence-electron chi connectivity index (χ2n) is 5.16. The van der Waals surface area contributed by atoms with Gasteiger partial charge in [-0.2, -0.15) is 5.26 Å². The lowest BCUT2D eigenvalue weighted by Gasteiger charge is -2.06. The monoisotopic (exact) mass is 318 g/mol. The number of carbonyl (C=O) groups is 1. The molecule has 24 heavy (non-hydrogen) atoms. The molecule has 1 N–H and O–H groups in total. The van der Waals surface area contributed by atoms with Crippen molar-refractivity contribution in [3.8, 4) is 11.8 Å². The third-order valence-corrected chi connectivity index (χ3v) is 3.21. The summed E-state index contributed by atoms with van der Waals surface area (Å²) in [5.41, 5.74) is 2.49. The third kappa shape index (κ3) is 4.85. The lowest BCUT2D eigenvalue weighted by molar-refractivity contribution is -0.112. The van der Waals surface area contributed by atoms with E-state index in [-0.39, 0.29) is 5.57 Å². The van der Waals surface area contributed by atoms with Gasteiger partial charge in [-0.05, 0) is 42.8 Å². The molecule has 120 valence electrons. The molecule has 0 spiro atoms. The van der Waals surface area contributed by atoms with Crippen LogP contribution in [-0.2, 0) is 4.79 Å². The molecule has 0 saturated heterocycles. The van der Waals surface area contributed by atoms with Gasteiger partial charge in [-0.15, -0.1) is 0 Å². The molecule has 0 aliphatic heterocycles. The van der Waals surface area contributed by atoms with Gasteiger partial charge in [0, 0.05) is 5.69 Å². The fourth-order valence-corrected chi connectivity index (χ4v) is 2.00. The van der Waals surface area contributed by atoms with Crippen LogP contribution in [0.5, 0.6) is 5.75 Å². The van der Waals surface area contributed by atoms with E-state index >= 15 is 0 Å². The van der Waals surface area contributed by atoms with Crippen LogP contribution in [0.2, 0.25) is 0 Å². The van der Waals surface area contributed by atoms with Gasteiger partial charge in [0.15, 0.2) is 0 Å². The van der Waals surface area contributed by atoms with Crippen molar-refractivity contribution in [1.29, 1.82) is 5.26 Å². The lowest BCUT2D eigenvalue weighted by atomic mass is 10.1. The van der Waals surface area contributed by atoms with Gasteiger partial charge in [0.05, 0.1) is 0 Å². The Morgan fingerprint density at radius 2 is 2.04 bits per heavy atom. The molecule has 1 amide bonds. The minimum atomic E-state index is -0.446. The van der Waals surface area contributed by atoms with Crippen molar-refractivity contribution in [3.63, 3.8) is 0 Å². The first kappa shape index (κ1) is 17.0. The zero-order chi connectivity index (χ0) is 17.4. The SMILES string of the molecule is C=CCOc1cccc(/C=C(/C#N)C(=O)Nc2ccc(C)cc2)c1. The maximum absolute atomic E-state index is 12.2. The number of nitrogens with one attached hydrogen (secondary N) is 1. The average Bonchev–Trinajstić information content (AvgIpc) is 2.60. The van der Waals surface area contributed by atoms with Gasteiger partial charge >= 0.3 is 0 Å². The first-order valence-electron chi connectivity index (χ1n) is 7.46. The molecule has 0 radical (unpaired) electrons. The highest BCUT2D eigenvalue weighted by Gasteiger charge is 2.09. The second kappa shape index (κ2) is 8.35. The van der Waals surface area contributed by atoms with Crippen LogP contribution < -0.4 is 10.1 Å². The van der Waals surface area contributed by atoms with Crippen LogP contribution in [0.15, 0.2) is 66.8 Å². The summed E-state index contributed by atoms with van der Waals surface area (Å²) in [5.74, 6) is 0.207. The summed E-state index contributed by atoms with van der Waals surface area (Å²) in [7, 11) is 0. The molecule has 0 saturated carbocycles. The first-order valence-corrected chi connectivity index (χ1v) is 7.46. The standard InChI is InChI=1S/C20H18N2O2/c1-3-11-24-19-6-4-5-16(13-19)12-17(14-21)20(23)22-18-9-7-15(2)8-10-18/h3-10,12-13H,1,11H2,2H3,(H,22,23)/b17-12-. The summed E-state index contributed by atoms with van der Waals surface area (Å²) in [6, 6.07) is 16.5. The molecule has 0 aromatic heterocycles. The molecule has 4 nitrogen and oxygen atoms in total. The predicted octanol–water partition coefficient (Wildman–Crippen LogP) is 4.11. The third-order valence-electron chi connectivity index (χ3n) is 3.21. The number of hydrogen-bond acceptors (Lipinski definition) is 3. The first-order chi connectivity index (χ1) is 11.6. The Kier molecular flexibility index (Phi) is 5.93. The number of aryl methyl sites for hydroxylation is 1. The minimum Gasteiger partial charge on any atom is -0.490 e. The molecule has 0 unspecified atom stereocenters. The number of rotatable bonds is 6. The largest absolute Gasteiger partial charge is 0.490 e. The highest BCUT2D eigenvalue weighted by Crippen LogP contribution is 2.17. The molecule has 2 aromatic rings. The van der Waals surface area contributed by atoms with E-state index in [1.165, 1.54) is 6.08 Å². The van der Waals surface area contributed by atoms with Gasteiger partial charge in [-0.1, -0.05) is 42.5 Å². The molecule has 0 atom stereocenters. The quantitative estimate of drug-likeness (QED) is 0.495. The Hall–Kier alpha value is -3.32. The zero-order valence-electron chi connectivity index (χ0n) is 13.5. The highest BCUT2D eigenvalue weighted by atomic mass is 16.5. The van der Waals surface area contributed by atoms with Crippen molar-refractivity contribution in [2.75, 3.05) is 11.9 Å². The lowest BCUT2D eigenvalue weighted by Crippen LogP contribution is -2.13. The number of anilines is 1. The topological polar surface area (TPSA) is 62.1 Å². The normalized spacial score (nSPS) is 10.6. The van der Waals surface area contributed by atoms with Crippen molar-refractivity contribution < 1.29 is 9.53 Å². The van der Waals surface area contributed by atoms with Gasteiger partial charge < -0.3 is 10.1 Å². The molecule has 0 heterocycles. The molecule has 4 heteroatoms. The number of nitriles is 1. The van der Waals surface area contributed by atoms with Crippen LogP contribution in [0.3, 0.4) is 0 Å². The summed E-state index contributed by atoms with van der Waals surface area (Å²) >= 11 is 0. The van der Waals surface area contributed by atoms with E-state index in [2.05, 4.69) is 11.9 Å². The van der Waals surface area contributed by atoms with Crippen molar-refractivity contribution in [3.05, 3.63) is 77.9 Å². The molecule has 2 aromatic carbocycles. The Morgan fingerprint density at radius 1 is 1.29 bits per heavy atom. The molecule has 2 rings (SSSR count). The highest BCUT2D eigenvalue weighted by molar-refractivity contribution is 6.09. The molecule has 0 bridgehead atoms. The van der Waals surface area contributed by atoms with Crippen LogP contribution >= 0.6 is 0 Å². The van der Waals surface area contributed by atoms with Crippen LogP contribution in [0, 0.1) is 18.3 Å². The number of amides is 1. The summed E-state index contributed by atoms with van der Waals surface area (Å²) < 4.78 is 5.45. The number of carbonyl (C=O) groups excluding carboxylic acids is 1. The van der Waals surface area contributed by atoms with Crippen LogP contribution in [0.4, 0.5) is 5.69 Å². The molecule has 0 aliphatic rings.